The van der Waals surface area contributed by atoms with Gasteiger partial charge in [-0.05, 0) is 52.2 Å². The van der Waals surface area contributed by atoms with Gasteiger partial charge < -0.3 is 10.1 Å². The summed E-state index contributed by atoms with van der Waals surface area (Å²) in [6, 6.07) is 11.7. The van der Waals surface area contributed by atoms with Gasteiger partial charge >= 0.3 is 0 Å². The van der Waals surface area contributed by atoms with E-state index in [-0.39, 0.29) is 0 Å². The number of aromatic nitrogens is 1. The van der Waals surface area contributed by atoms with Crippen molar-refractivity contribution >= 4 is 15.9 Å². The number of para-hydroxylation sites is 1. The number of nitrogens with zero attached hydrogens (tertiary/aromatic N) is 1. The molecule has 1 aromatic carbocycles. The molecule has 0 spiro atoms. The third kappa shape index (κ3) is 4.62. The van der Waals surface area contributed by atoms with Crippen LogP contribution in [0.25, 0.3) is 0 Å². The summed E-state index contributed by atoms with van der Waals surface area (Å²) >= 11 is 3.47. The standard InChI is InChI=1S/C16H19BrN2O/c1-12(2)10-18-11-13-7-8-19-16(9-13)20-15-6-4-3-5-14(15)17/h3-9,12,18H,10-11H2,1-2H3. The fourth-order valence-corrected chi connectivity index (χ4v) is 2.13. The molecule has 0 amide bonds. The molecule has 4 heteroatoms. The summed E-state index contributed by atoms with van der Waals surface area (Å²) in [5.74, 6) is 2.03. The lowest BCUT2D eigenvalue weighted by Gasteiger charge is -2.09. The zero-order chi connectivity index (χ0) is 14.4. The Balaban J connectivity index is 2.01. The van der Waals surface area contributed by atoms with Gasteiger partial charge in [-0.1, -0.05) is 26.0 Å². The third-order valence-electron chi connectivity index (χ3n) is 2.73. The lowest BCUT2D eigenvalue weighted by Crippen LogP contribution is -2.18. The van der Waals surface area contributed by atoms with Gasteiger partial charge in [-0.2, -0.15) is 0 Å². The van der Waals surface area contributed by atoms with E-state index in [9.17, 15) is 0 Å². The first-order valence-corrected chi connectivity index (χ1v) is 7.52. The second-order valence-electron chi connectivity index (χ2n) is 5.06. The lowest BCUT2D eigenvalue weighted by molar-refractivity contribution is 0.458. The van der Waals surface area contributed by atoms with Crippen molar-refractivity contribution in [2.45, 2.75) is 20.4 Å². The SMILES string of the molecule is CC(C)CNCc1ccnc(Oc2ccccc2Br)c1. The molecule has 0 saturated heterocycles. The first-order chi connectivity index (χ1) is 9.65. The summed E-state index contributed by atoms with van der Waals surface area (Å²) in [5, 5.41) is 3.41. The minimum absolute atomic E-state index is 0.612. The molecule has 0 atom stereocenters. The number of halogens is 1. The maximum absolute atomic E-state index is 5.79. The van der Waals surface area contributed by atoms with Crippen molar-refractivity contribution < 1.29 is 4.74 Å². The molecule has 2 aromatic rings. The quantitative estimate of drug-likeness (QED) is 0.851. The van der Waals surface area contributed by atoms with Gasteiger partial charge in [0.25, 0.3) is 0 Å². The highest BCUT2D eigenvalue weighted by Crippen LogP contribution is 2.28. The van der Waals surface area contributed by atoms with Crippen LogP contribution in [0.15, 0.2) is 47.1 Å². The molecule has 0 radical (unpaired) electrons. The Morgan fingerprint density at radius 2 is 2.05 bits per heavy atom. The van der Waals surface area contributed by atoms with E-state index in [1.807, 2.05) is 36.4 Å². The minimum atomic E-state index is 0.612. The van der Waals surface area contributed by atoms with E-state index < -0.39 is 0 Å². The van der Waals surface area contributed by atoms with E-state index in [0.717, 1.165) is 23.3 Å². The summed E-state index contributed by atoms with van der Waals surface area (Å²) in [6.45, 7) is 6.22. The molecule has 0 aliphatic heterocycles. The summed E-state index contributed by atoms with van der Waals surface area (Å²) < 4.78 is 6.71. The topological polar surface area (TPSA) is 34.2 Å². The first kappa shape index (κ1) is 15.0. The van der Waals surface area contributed by atoms with Gasteiger partial charge in [0.15, 0.2) is 0 Å². The highest BCUT2D eigenvalue weighted by atomic mass is 79.9. The van der Waals surface area contributed by atoms with Gasteiger partial charge in [-0.3, -0.25) is 0 Å². The molecular formula is C16H19BrN2O. The number of rotatable bonds is 6. The number of benzene rings is 1. The molecule has 1 aromatic heterocycles. The molecule has 0 aliphatic rings. The Morgan fingerprint density at radius 3 is 2.80 bits per heavy atom. The van der Waals surface area contributed by atoms with Gasteiger partial charge in [0.2, 0.25) is 5.88 Å². The fraction of sp³-hybridized carbons (Fsp3) is 0.312. The Morgan fingerprint density at radius 1 is 1.25 bits per heavy atom. The van der Waals surface area contributed by atoms with Crippen LogP contribution >= 0.6 is 15.9 Å². The molecular weight excluding hydrogens is 316 g/mol. The van der Waals surface area contributed by atoms with Crippen molar-refractivity contribution in [2.75, 3.05) is 6.54 Å². The molecule has 0 aliphatic carbocycles. The van der Waals surface area contributed by atoms with Crippen molar-refractivity contribution in [3.63, 3.8) is 0 Å². The first-order valence-electron chi connectivity index (χ1n) is 6.73. The summed E-state index contributed by atoms with van der Waals surface area (Å²) in [7, 11) is 0. The molecule has 106 valence electrons. The van der Waals surface area contributed by atoms with Gasteiger partial charge in [0.05, 0.1) is 4.47 Å². The Hall–Kier alpha value is -1.39. The summed E-state index contributed by atoms with van der Waals surface area (Å²) in [6.07, 6.45) is 1.78. The highest BCUT2D eigenvalue weighted by Gasteiger charge is 2.04. The van der Waals surface area contributed by atoms with Crippen LogP contribution in [0.4, 0.5) is 0 Å². The van der Waals surface area contributed by atoms with Crippen LogP contribution in [0.3, 0.4) is 0 Å². The number of pyridine rings is 1. The van der Waals surface area contributed by atoms with Gasteiger partial charge in [0.1, 0.15) is 5.75 Å². The van der Waals surface area contributed by atoms with Crippen LogP contribution in [-0.4, -0.2) is 11.5 Å². The second kappa shape index (κ2) is 7.41. The minimum Gasteiger partial charge on any atom is -0.438 e. The molecule has 1 heterocycles. The predicted octanol–water partition coefficient (Wildman–Crippen LogP) is 4.38. The van der Waals surface area contributed by atoms with Crippen LogP contribution in [0.1, 0.15) is 19.4 Å². The highest BCUT2D eigenvalue weighted by molar-refractivity contribution is 9.10. The smallest absolute Gasteiger partial charge is 0.219 e. The second-order valence-corrected chi connectivity index (χ2v) is 5.91. The monoisotopic (exact) mass is 334 g/mol. The van der Waals surface area contributed by atoms with Crippen LogP contribution < -0.4 is 10.1 Å². The van der Waals surface area contributed by atoms with Gasteiger partial charge in [0, 0.05) is 18.8 Å². The van der Waals surface area contributed by atoms with E-state index in [1.165, 1.54) is 5.56 Å². The lowest BCUT2D eigenvalue weighted by atomic mass is 10.2. The third-order valence-corrected chi connectivity index (χ3v) is 3.39. The average Bonchev–Trinajstić information content (AvgIpc) is 2.41. The van der Waals surface area contributed by atoms with E-state index in [2.05, 4.69) is 40.1 Å². The molecule has 0 saturated carbocycles. The van der Waals surface area contributed by atoms with Crippen LogP contribution in [0, 0.1) is 5.92 Å². The predicted molar refractivity (Wildman–Crippen MR) is 85.0 cm³/mol. The molecule has 20 heavy (non-hydrogen) atoms. The summed E-state index contributed by atoms with van der Waals surface area (Å²) in [5.41, 5.74) is 1.17. The van der Waals surface area contributed by atoms with Crippen LogP contribution in [0.5, 0.6) is 11.6 Å². The van der Waals surface area contributed by atoms with Crippen molar-refractivity contribution in [2.24, 2.45) is 5.92 Å². The number of hydrogen-bond donors (Lipinski definition) is 1. The Bertz CT molecular complexity index is 558. The normalized spacial score (nSPS) is 10.8. The molecule has 1 N–H and O–H groups in total. The van der Waals surface area contributed by atoms with Gasteiger partial charge in [-0.25, -0.2) is 4.98 Å². The summed E-state index contributed by atoms with van der Waals surface area (Å²) in [4.78, 5) is 4.25. The van der Waals surface area contributed by atoms with E-state index >= 15 is 0 Å². The van der Waals surface area contributed by atoms with E-state index in [0.29, 0.717) is 11.8 Å². The van der Waals surface area contributed by atoms with Crippen molar-refractivity contribution in [1.82, 2.24) is 10.3 Å². The zero-order valence-corrected chi connectivity index (χ0v) is 13.4. The molecule has 2 rings (SSSR count). The van der Waals surface area contributed by atoms with E-state index in [1.54, 1.807) is 6.20 Å². The maximum Gasteiger partial charge on any atom is 0.219 e. The molecule has 0 unspecified atom stereocenters. The number of ether oxygens (including phenoxy) is 1. The van der Waals surface area contributed by atoms with Crippen molar-refractivity contribution in [3.05, 3.63) is 52.6 Å². The zero-order valence-electron chi connectivity index (χ0n) is 11.8. The van der Waals surface area contributed by atoms with E-state index in [4.69, 9.17) is 4.74 Å². The Kier molecular flexibility index (Phi) is 5.56. The Labute approximate surface area is 128 Å². The molecule has 0 bridgehead atoms. The van der Waals surface area contributed by atoms with Gasteiger partial charge in [-0.15, -0.1) is 0 Å². The largest absolute Gasteiger partial charge is 0.438 e. The molecule has 0 fully saturated rings. The van der Waals surface area contributed by atoms with Crippen molar-refractivity contribution in [3.8, 4) is 11.6 Å². The van der Waals surface area contributed by atoms with Crippen LogP contribution in [-0.2, 0) is 6.54 Å². The number of hydrogen-bond acceptors (Lipinski definition) is 3. The number of nitrogens with one attached hydrogen (secondary N) is 1. The molecule has 3 nitrogen and oxygen atoms in total. The fourth-order valence-electron chi connectivity index (χ4n) is 1.76. The average molecular weight is 335 g/mol. The maximum atomic E-state index is 5.79. The van der Waals surface area contributed by atoms with Crippen LogP contribution in [0.2, 0.25) is 0 Å². The van der Waals surface area contributed by atoms with Crippen molar-refractivity contribution in [1.29, 1.82) is 0 Å².